The molecule has 2 aromatic heterocycles. The third-order valence-corrected chi connectivity index (χ3v) is 4.00. The SMILES string of the molecule is COc1ccc(CNC(=O)NCCCn2ccc3cccnc32)cc1. The summed E-state index contributed by atoms with van der Waals surface area (Å²) in [6.07, 6.45) is 4.67. The molecule has 25 heavy (non-hydrogen) atoms. The number of hydrogen-bond donors (Lipinski definition) is 2. The van der Waals surface area contributed by atoms with Gasteiger partial charge in [-0.25, -0.2) is 9.78 Å². The molecule has 3 rings (SSSR count). The van der Waals surface area contributed by atoms with E-state index >= 15 is 0 Å². The van der Waals surface area contributed by atoms with Gasteiger partial charge in [-0.2, -0.15) is 0 Å². The van der Waals surface area contributed by atoms with Gasteiger partial charge in [0, 0.05) is 37.4 Å². The second-order valence-corrected chi connectivity index (χ2v) is 5.74. The van der Waals surface area contributed by atoms with E-state index in [1.165, 1.54) is 0 Å². The number of amides is 2. The molecule has 130 valence electrons. The topological polar surface area (TPSA) is 68.2 Å². The molecule has 2 amide bonds. The molecule has 0 spiro atoms. The van der Waals surface area contributed by atoms with E-state index in [1.807, 2.05) is 42.6 Å². The van der Waals surface area contributed by atoms with Gasteiger partial charge < -0.3 is 19.9 Å². The molecule has 3 aromatic rings. The van der Waals surface area contributed by atoms with Gasteiger partial charge in [0.25, 0.3) is 0 Å². The van der Waals surface area contributed by atoms with Crippen LogP contribution in [0.25, 0.3) is 11.0 Å². The number of nitrogens with one attached hydrogen (secondary N) is 2. The maximum Gasteiger partial charge on any atom is 0.315 e. The second-order valence-electron chi connectivity index (χ2n) is 5.74. The molecule has 0 fully saturated rings. The van der Waals surface area contributed by atoms with Gasteiger partial charge in [-0.15, -0.1) is 0 Å². The van der Waals surface area contributed by atoms with Crippen molar-refractivity contribution in [2.24, 2.45) is 0 Å². The zero-order chi connectivity index (χ0) is 17.5. The van der Waals surface area contributed by atoms with Crippen molar-refractivity contribution < 1.29 is 9.53 Å². The average molecular weight is 338 g/mol. The highest BCUT2D eigenvalue weighted by molar-refractivity contribution is 5.75. The summed E-state index contributed by atoms with van der Waals surface area (Å²) < 4.78 is 7.21. The Labute approximate surface area is 146 Å². The molecule has 1 aromatic carbocycles. The maximum absolute atomic E-state index is 11.8. The summed E-state index contributed by atoms with van der Waals surface area (Å²) in [7, 11) is 1.63. The molecule has 0 aliphatic rings. The van der Waals surface area contributed by atoms with Crippen molar-refractivity contribution in [3.05, 3.63) is 60.4 Å². The zero-order valence-corrected chi connectivity index (χ0v) is 14.2. The summed E-state index contributed by atoms with van der Waals surface area (Å²) in [5, 5.41) is 6.86. The lowest BCUT2D eigenvalue weighted by molar-refractivity contribution is 0.240. The highest BCUT2D eigenvalue weighted by Gasteiger charge is 2.03. The molecular weight excluding hydrogens is 316 g/mol. The van der Waals surface area contributed by atoms with Gasteiger partial charge in [0.2, 0.25) is 0 Å². The maximum atomic E-state index is 11.8. The van der Waals surface area contributed by atoms with Crippen LogP contribution in [0.1, 0.15) is 12.0 Å². The highest BCUT2D eigenvalue weighted by Crippen LogP contribution is 2.12. The molecule has 0 aliphatic carbocycles. The van der Waals surface area contributed by atoms with Crippen LogP contribution in [0.15, 0.2) is 54.9 Å². The molecule has 0 saturated carbocycles. The molecule has 2 N–H and O–H groups in total. The number of methoxy groups -OCH3 is 1. The third kappa shape index (κ3) is 4.50. The Morgan fingerprint density at radius 3 is 2.80 bits per heavy atom. The van der Waals surface area contributed by atoms with Crippen LogP contribution in [0.2, 0.25) is 0 Å². The molecule has 0 radical (unpaired) electrons. The van der Waals surface area contributed by atoms with Crippen molar-refractivity contribution in [1.29, 1.82) is 0 Å². The molecule has 2 heterocycles. The number of pyridine rings is 1. The van der Waals surface area contributed by atoms with Gasteiger partial charge in [-0.1, -0.05) is 12.1 Å². The number of benzene rings is 1. The predicted octanol–water partition coefficient (Wildman–Crippen LogP) is 2.93. The Morgan fingerprint density at radius 1 is 1.16 bits per heavy atom. The fourth-order valence-electron chi connectivity index (χ4n) is 2.64. The summed E-state index contributed by atoms with van der Waals surface area (Å²) >= 11 is 0. The Kier molecular flexibility index (Phi) is 5.51. The van der Waals surface area contributed by atoms with E-state index < -0.39 is 0 Å². The van der Waals surface area contributed by atoms with Gasteiger partial charge in [0.05, 0.1) is 7.11 Å². The summed E-state index contributed by atoms with van der Waals surface area (Å²) in [5.74, 6) is 0.806. The Hall–Kier alpha value is -3.02. The van der Waals surface area contributed by atoms with Crippen LogP contribution < -0.4 is 15.4 Å². The third-order valence-electron chi connectivity index (χ3n) is 4.00. The number of carbonyl (C=O) groups excluding carboxylic acids is 1. The number of rotatable bonds is 7. The van der Waals surface area contributed by atoms with E-state index in [1.54, 1.807) is 13.3 Å². The smallest absolute Gasteiger partial charge is 0.315 e. The number of ether oxygens (including phenoxy) is 1. The largest absolute Gasteiger partial charge is 0.497 e. The first-order valence-corrected chi connectivity index (χ1v) is 8.31. The number of nitrogens with zero attached hydrogens (tertiary/aromatic N) is 2. The fourth-order valence-corrected chi connectivity index (χ4v) is 2.64. The monoisotopic (exact) mass is 338 g/mol. The van der Waals surface area contributed by atoms with Gasteiger partial charge in [-0.05, 0) is 42.3 Å². The number of aryl methyl sites for hydroxylation is 1. The van der Waals surface area contributed by atoms with Crippen LogP contribution in [-0.4, -0.2) is 29.2 Å². The van der Waals surface area contributed by atoms with Crippen LogP contribution in [0.4, 0.5) is 4.79 Å². The number of hydrogen-bond acceptors (Lipinski definition) is 3. The molecule has 0 bridgehead atoms. The van der Waals surface area contributed by atoms with Crippen LogP contribution in [0.3, 0.4) is 0 Å². The first kappa shape index (κ1) is 16.8. The van der Waals surface area contributed by atoms with Crippen molar-refractivity contribution in [2.45, 2.75) is 19.5 Å². The second kappa shape index (κ2) is 8.19. The van der Waals surface area contributed by atoms with Crippen LogP contribution in [-0.2, 0) is 13.1 Å². The Balaban J connectivity index is 1.37. The minimum absolute atomic E-state index is 0.161. The van der Waals surface area contributed by atoms with E-state index in [-0.39, 0.29) is 6.03 Å². The number of carbonyl (C=O) groups is 1. The van der Waals surface area contributed by atoms with Crippen molar-refractivity contribution in [2.75, 3.05) is 13.7 Å². The number of fused-ring (bicyclic) bond motifs is 1. The lowest BCUT2D eigenvalue weighted by Gasteiger charge is -2.09. The van der Waals surface area contributed by atoms with Crippen molar-refractivity contribution in [1.82, 2.24) is 20.2 Å². The molecule has 6 nitrogen and oxygen atoms in total. The minimum Gasteiger partial charge on any atom is -0.497 e. The lowest BCUT2D eigenvalue weighted by Crippen LogP contribution is -2.35. The minimum atomic E-state index is -0.161. The first-order chi connectivity index (χ1) is 12.3. The zero-order valence-electron chi connectivity index (χ0n) is 14.2. The van der Waals surface area contributed by atoms with E-state index in [2.05, 4.69) is 26.3 Å². The fraction of sp³-hybridized carbons (Fsp3) is 0.263. The molecular formula is C19H22N4O2. The van der Waals surface area contributed by atoms with Gasteiger partial charge >= 0.3 is 6.03 Å². The van der Waals surface area contributed by atoms with Crippen LogP contribution in [0, 0.1) is 0 Å². The summed E-state index contributed by atoms with van der Waals surface area (Å²) in [5.41, 5.74) is 2.01. The van der Waals surface area contributed by atoms with Crippen molar-refractivity contribution >= 4 is 17.1 Å². The van der Waals surface area contributed by atoms with Crippen LogP contribution >= 0.6 is 0 Å². The van der Waals surface area contributed by atoms with Crippen LogP contribution in [0.5, 0.6) is 5.75 Å². The van der Waals surface area contributed by atoms with E-state index in [4.69, 9.17) is 4.74 Å². The summed E-state index contributed by atoms with van der Waals surface area (Å²) in [4.78, 5) is 16.2. The Morgan fingerprint density at radius 2 is 2.00 bits per heavy atom. The normalized spacial score (nSPS) is 10.6. The van der Waals surface area contributed by atoms with E-state index in [9.17, 15) is 4.79 Å². The Bertz CT molecular complexity index is 827. The van der Waals surface area contributed by atoms with Gasteiger partial charge in [0.1, 0.15) is 11.4 Å². The quantitative estimate of drug-likeness (QED) is 0.651. The lowest BCUT2D eigenvalue weighted by atomic mass is 10.2. The van der Waals surface area contributed by atoms with E-state index in [0.717, 1.165) is 35.3 Å². The first-order valence-electron chi connectivity index (χ1n) is 8.31. The van der Waals surface area contributed by atoms with Gasteiger partial charge in [0.15, 0.2) is 0 Å². The van der Waals surface area contributed by atoms with Crippen molar-refractivity contribution in [3.63, 3.8) is 0 Å². The predicted molar refractivity (Wildman–Crippen MR) is 97.6 cm³/mol. The summed E-state index contributed by atoms with van der Waals surface area (Å²) in [6, 6.07) is 13.5. The molecule has 0 unspecified atom stereocenters. The number of aromatic nitrogens is 2. The standard InChI is InChI=1S/C19H22N4O2/c1-25-17-7-5-15(6-8-17)14-22-19(24)21-11-3-12-23-13-9-16-4-2-10-20-18(16)23/h2,4-10,13H,3,11-12,14H2,1H3,(H2,21,22,24). The molecule has 0 saturated heterocycles. The van der Waals surface area contributed by atoms with Crippen molar-refractivity contribution in [3.8, 4) is 5.75 Å². The summed E-state index contributed by atoms with van der Waals surface area (Å²) in [6.45, 7) is 1.92. The molecule has 0 aliphatic heterocycles. The average Bonchev–Trinajstić information content (AvgIpc) is 3.07. The molecule has 0 atom stereocenters. The van der Waals surface area contributed by atoms with Gasteiger partial charge in [-0.3, -0.25) is 0 Å². The number of urea groups is 1. The van der Waals surface area contributed by atoms with E-state index in [0.29, 0.717) is 13.1 Å². The highest BCUT2D eigenvalue weighted by atomic mass is 16.5. The molecule has 6 heteroatoms.